The first kappa shape index (κ1) is 8.53. The Hall–Kier alpha value is -0.570. The Kier molecular flexibility index (Phi) is 2.49. The number of nitrogens with two attached hydrogens (primary N) is 1. The molecule has 0 fully saturated rings. The maximum Gasteiger partial charge on any atom is 0.126 e. The molecule has 1 aromatic heterocycles. The average molecular weight is 215 g/mol. The lowest BCUT2D eigenvalue weighted by atomic mass is 10.1. The Balaban J connectivity index is 3.13. The lowest BCUT2D eigenvalue weighted by Crippen LogP contribution is -1.98. The molecular formula is C8H11BrN2. The van der Waals surface area contributed by atoms with Crippen molar-refractivity contribution in [3.8, 4) is 0 Å². The molecule has 3 heteroatoms. The molecule has 0 saturated carbocycles. The number of anilines is 1. The van der Waals surface area contributed by atoms with E-state index in [9.17, 15) is 0 Å². The van der Waals surface area contributed by atoms with Crippen molar-refractivity contribution in [2.75, 3.05) is 5.73 Å². The van der Waals surface area contributed by atoms with E-state index in [1.807, 2.05) is 6.07 Å². The van der Waals surface area contributed by atoms with E-state index in [2.05, 4.69) is 34.8 Å². The molecular weight excluding hydrogens is 204 g/mol. The van der Waals surface area contributed by atoms with Gasteiger partial charge in [-0.2, -0.15) is 0 Å². The van der Waals surface area contributed by atoms with Crippen LogP contribution < -0.4 is 5.73 Å². The van der Waals surface area contributed by atoms with E-state index in [0.29, 0.717) is 11.7 Å². The summed E-state index contributed by atoms with van der Waals surface area (Å²) in [5.41, 5.74) is 6.76. The number of hydrogen-bond acceptors (Lipinski definition) is 2. The molecule has 0 aliphatic heterocycles. The molecule has 2 N–H and O–H groups in total. The van der Waals surface area contributed by atoms with Crippen LogP contribution in [0.1, 0.15) is 25.3 Å². The summed E-state index contributed by atoms with van der Waals surface area (Å²) in [6.07, 6.45) is 1.71. The van der Waals surface area contributed by atoms with Crippen molar-refractivity contribution in [3.63, 3.8) is 0 Å². The molecule has 0 amide bonds. The van der Waals surface area contributed by atoms with Gasteiger partial charge in [-0.1, -0.05) is 13.8 Å². The minimum atomic E-state index is 0.431. The van der Waals surface area contributed by atoms with E-state index in [0.717, 1.165) is 10.0 Å². The van der Waals surface area contributed by atoms with E-state index < -0.39 is 0 Å². The van der Waals surface area contributed by atoms with Crippen LogP contribution in [0.4, 0.5) is 5.82 Å². The molecule has 0 atom stereocenters. The number of rotatable bonds is 1. The summed E-state index contributed by atoms with van der Waals surface area (Å²) in [6.45, 7) is 4.19. The van der Waals surface area contributed by atoms with Gasteiger partial charge in [0.1, 0.15) is 5.82 Å². The van der Waals surface area contributed by atoms with E-state index in [1.54, 1.807) is 6.20 Å². The van der Waals surface area contributed by atoms with Crippen LogP contribution in [0.25, 0.3) is 0 Å². The van der Waals surface area contributed by atoms with Crippen LogP contribution in [0.5, 0.6) is 0 Å². The summed E-state index contributed by atoms with van der Waals surface area (Å²) in [5, 5.41) is 0. The molecule has 0 spiro atoms. The van der Waals surface area contributed by atoms with E-state index in [1.165, 1.54) is 0 Å². The van der Waals surface area contributed by atoms with Crippen molar-refractivity contribution >= 4 is 21.7 Å². The minimum Gasteiger partial charge on any atom is -0.383 e. The third-order valence-corrected chi connectivity index (χ3v) is 1.97. The monoisotopic (exact) mass is 214 g/mol. The third kappa shape index (κ3) is 1.93. The van der Waals surface area contributed by atoms with Crippen LogP contribution in [0.15, 0.2) is 16.7 Å². The summed E-state index contributed by atoms with van der Waals surface area (Å²) in [7, 11) is 0. The SMILES string of the molecule is CC(C)c1cc(Br)cnc1N. The molecule has 0 aliphatic carbocycles. The van der Waals surface area contributed by atoms with Crippen LogP contribution in [0, 0.1) is 0 Å². The highest BCUT2D eigenvalue weighted by molar-refractivity contribution is 9.10. The maximum absolute atomic E-state index is 5.66. The van der Waals surface area contributed by atoms with Crippen LogP contribution in [0.2, 0.25) is 0 Å². The fourth-order valence-electron chi connectivity index (χ4n) is 0.928. The fraction of sp³-hybridized carbons (Fsp3) is 0.375. The molecule has 0 radical (unpaired) electrons. The van der Waals surface area contributed by atoms with Crippen LogP contribution in [-0.2, 0) is 0 Å². The summed E-state index contributed by atoms with van der Waals surface area (Å²) in [6, 6.07) is 2.01. The van der Waals surface area contributed by atoms with Gasteiger partial charge in [0.2, 0.25) is 0 Å². The molecule has 0 unspecified atom stereocenters. The first-order valence-electron chi connectivity index (χ1n) is 3.52. The summed E-state index contributed by atoms with van der Waals surface area (Å²) in [5.74, 6) is 1.06. The zero-order valence-corrected chi connectivity index (χ0v) is 8.22. The topological polar surface area (TPSA) is 38.9 Å². The highest BCUT2D eigenvalue weighted by Crippen LogP contribution is 2.22. The lowest BCUT2D eigenvalue weighted by Gasteiger charge is -2.07. The predicted molar refractivity (Wildman–Crippen MR) is 50.4 cm³/mol. The first-order valence-corrected chi connectivity index (χ1v) is 4.31. The lowest BCUT2D eigenvalue weighted by molar-refractivity contribution is 0.861. The first-order chi connectivity index (χ1) is 5.11. The number of pyridine rings is 1. The van der Waals surface area contributed by atoms with Crippen molar-refractivity contribution in [3.05, 3.63) is 22.3 Å². The Labute approximate surface area is 75.0 Å². The molecule has 0 bridgehead atoms. The fourth-order valence-corrected chi connectivity index (χ4v) is 1.28. The second kappa shape index (κ2) is 3.22. The average Bonchev–Trinajstić information content (AvgIpc) is 1.94. The van der Waals surface area contributed by atoms with Crippen LogP contribution in [-0.4, -0.2) is 4.98 Å². The number of halogens is 1. The maximum atomic E-state index is 5.66. The third-order valence-electron chi connectivity index (χ3n) is 1.54. The van der Waals surface area contributed by atoms with E-state index in [4.69, 9.17) is 5.73 Å². The Morgan fingerprint density at radius 3 is 2.64 bits per heavy atom. The van der Waals surface area contributed by atoms with Crippen molar-refractivity contribution in [2.24, 2.45) is 0 Å². The number of hydrogen-bond donors (Lipinski definition) is 1. The Morgan fingerprint density at radius 2 is 2.18 bits per heavy atom. The molecule has 0 aliphatic rings. The smallest absolute Gasteiger partial charge is 0.126 e. The summed E-state index contributed by atoms with van der Waals surface area (Å²) in [4.78, 5) is 4.03. The zero-order chi connectivity index (χ0) is 8.43. The second-order valence-electron chi connectivity index (χ2n) is 2.78. The highest BCUT2D eigenvalue weighted by Gasteiger charge is 2.04. The van der Waals surface area contributed by atoms with E-state index in [-0.39, 0.29) is 0 Å². The van der Waals surface area contributed by atoms with Gasteiger partial charge in [0.15, 0.2) is 0 Å². The van der Waals surface area contributed by atoms with Gasteiger partial charge < -0.3 is 5.73 Å². The van der Waals surface area contributed by atoms with Crippen LogP contribution >= 0.6 is 15.9 Å². The van der Waals surface area contributed by atoms with Gasteiger partial charge in [0.25, 0.3) is 0 Å². The molecule has 60 valence electrons. The molecule has 0 aromatic carbocycles. The van der Waals surface area contributed by atoms with Gasteiger partial charge in [-0.15, -0.1) is 0 Å². The van der Waals surface area contributed by atoms with Crippen molar-refractivity contribution in [2.45, 2.75) is 19.8 Å². The van der Waals surface area contributed by atoms with Crippen LogP contribution in [0.3, 0.4) is 0 Å². The molecule has 11 heavy (non-hydrogen) atoms. The normalized spacial score (nSPS) is 10.5. The van der Waals surface area contributed by atoms with Gasteiger partial charge in [0.05, 0.1) is 0 Å². The number of nitrogens with zero attached hydrogens (tertiary/aromatic N) is 1. The molecule has 1 rings (SSSR count). The van der Waals surface area contributed by atoms with Gasteiger partial charge in [-0.05, 0) is 33.5 Å². The molecule has 2 nitrogen and oxygen atoms in total. The molecule has 1 heterocycles. The largest absolute Gasteiger partial charge is 0.383 e. The molecule has 0 saturated heterocycles. The molecule has 1 aromatic rings. The number of aromatic nitrogens is 1. The number of nitrogen functional groups attached to an aromatic ring is 1. The summed E-state index contributed by atoms with van der Waals surface area (Å²) >= 11 is 3.35. The zero-order valence-electron chi connectivity index (χ0n) is 6.63. The van der Waals surface area contributed by atoms with Crippen molar-refractivity contribution < 1.29 is 0 Å². The predicted octanol–water partition coefficient (Wildman–Crippen LogP) is 2.55. The highest BCUT2D eigenvalue weighted by atomic mass is 79.9. The minimum absolute atomic E-state index is 0.431. The second-order valence-corrected chi connectivity index (χ2v) is 3.70. The standard InChI is InChI=1S/C8H11BrN2/c1-5(2)7-3-6(9)4-11-8(7)10/h3-5H,1-2H3,(H2,10,11). The van der Waals surface area contributed by atoms with Crippen molar-refractivity contribution in [1.82, 2.24) is 4.98 Å². The van der Waals surface area contributed by atoms with E-state index >= 15 is 0 Å². The van der Waals surface area contributed by atoms with Crippen molar-refractivity contribution in [1.29, 1.82) is 0 Å². The van der Waals surface area contributed by atoms with Gasteiger partial charge in [0, 0.05) is 10.7 Å². The Morgan fingerprint density at radius 1 is 1.55 bits per heavy atom. The van der Waals surface area contributed by atoms with Gasteiger partial charge >= 0.3 is 0 Å². The quantitative estimate of drug-likeness (QED) is 0.781. The van der Waals surface area contributed by atoms with Gasteiger partial charge in [-0.3, -0.25) is 0 Å². The van der Waals surface area contributed by atoms with Gasteiger partial charge in [-0.25, -0.2) is 4.98 Å². The summed E-state index contributed by atoms with van der Waals surface area (Å²) < 4.78 is 0.982. The Bertz CT molecular complexity index is 258.